The molecule has 0 saturated heterocycles. The number of fused-ring (bicyclic) bond motifs is 1. The van der Waals surface area contributed by atoms with E-state index in [9.17, 15) is 9.59 Å². The highest BCUT2D eigenvalue weighted by Gasteiger charge is 2.29. The normalized spacial score (nSPS) is 16.9. The molecule has 0 bridgehead atoms. The van der Waals surface area contributed by atoms with Crippen LogP contribution >= 0.6 is 0 Å². The summed E-state index contributed by atoms with van der Waals surface area (Å²) in [6.07, 6.45) is 14.4. The number of hydrogen-bond acceptors (Lipinski definition) is 7. The zero-order valence-corrected chi connectivity index (χ0v) is 24.7. The minimum absolute atomic E-state index is 0.00218. The van der Waals surface area contributed by atoms with Crippen LogP contribution in [0.5, 0.6) is 11.5 Å². The van der Waals surface area contributed by atoms with Crippen molar-refractivity contribution in [3.05, 3.63) is 42.2 Å². The number of unbranched alkanes of at least 4 members (excludes halogenated alkanes) is 7. The minimum Gasteiger partial charge on any atom is -0.493 e. The lowest BCUT2D eigenvalue weighted by molar-refractivity contribution is -0.149. The topological polar surface area (TPSA) is 104 Å². The van der Waals surface area contributed by atoms with Gasteiger partial charge in [-0.25, -0.2) is 9.50 Å². The average molecular weight is 565 g/mol. The number of nitrogens with zero attached hydrogens (tertiary/aromatic N) is 3. The van der Waals surface area contributed by atoms with Crippen molar-refractivity contribution in [1.29, 1.82) is 0 Å². The number of hydrogen-bond donors (Lipinski definition) is 1. The standard InChI is InChI=1S/C32H44N4O5/c1-4-5-6-7-8-9-10-11-20-41-32(38)23-12-15-25(16-13-23)34-31(37)26-22-30-33-19-18-27(36(30)35-26)24-14-17-28(39-2)29(21-24)40-3/h14,17-19,21-23,25H,4-13,15-16,20H2,1-3H3,(H,34,37). The van der Waals surface area contributed by atoms with Gasteiger partial charge in [0.15, 0.2) is 22.8 Å². The summed E-state index contributed by atoms with van der Waals surface area (Å²) in [5.41, 5.74) is 2.52. The summed E-state index contributed by atoms with van der Waals surface area (Å²) in [5.74, 6) is 0.822. The summed E-state index contributed by atoms with van der Waals surface area (Å²) in [6.45, 7) is 2.74. The van der Waals surface area contributed by atoms with Gasteiger partial charge in [-0.3, -0.25) is 9.59 Å². The number of amides is 1. The zero-order valence-electron chi connectivity index (χ0n) is 24.7. The van der Waals surface area contributed by atoms with Crippen LogP contribution in [0.25, 0.3) is 16.9 Å². The first-order valence-corrected chi connectivity index (χ1v) is 15.1. The van der Waals surface area contributed by atoms with Gasteiger partial charge in [0.2, 0.25) is 0 Å². The first-order valence-electron chi connectivity index (χ1n) is 15.1. The van der Waals surface area contributed by atoms with Crippen LogP contribution in [0.2, 0.25) is 0 Å². The van der Waals surface area contributed by atoms with Gasteiger partial charge in [-0.2, -0.15) is 5.10 Å². The molecule has 2 heterocycles. The largest absolute Gasteiger partial charge is 0.493 e. The molecule has 1 N–H and O–H groups in total. The smallest absolute Gasteiger partial charge is 0.308 e. The van der Waals surface area contributed by atoms with Crippen molar-refractivity contribution in [3.8, 4) is 22.8 Å². The van der Waals surface area contributed by atoms with E-state index in [2.05, 4.69) is 22.3 Å². The lowest BCUT2D eigenvalue weighted by Crippen LogP contribution is -2.39. The number of esters is 1. The molecular weight excluding hydrogens is 520 g/mol. The number of rotatable bonds is 15. The number of ether oxygens (including phenoxy) is 3. The van der Waals surface area contributed by atoms with E-state index < -0.39 is 0 Å². The third-order valence-corrected chi connectivity index (χ3v) is 7.91. The second-order valence-corrected chi connectivity index (χ2v) is 10.9. The molecule has 2 aromatic heterocycles. The number of aromatic nitrogens is 3. The van der Waals surface area contributed by atoms with Crippen molar-refractivity contribution in [2.45, 2.75) is 90.0 Å². The fourth-order valence-electron chi connectivity index (χ4n) is 5.48. The van der Waals surface area contributed by atoms with Crippen molar-refractivity contribution in [2.24, 2.45) is 5.92 Å². The Morgan fingerprint density at radius 1 is 0.902 bits per heavy atom. The SMILES string of the molecule is CCCCCCCCCCOC(=O)C1CCC(NC(=O)c2cc3nccc(-c4ccc(OC)c(OC)c4)n3n2)CC1. The summed E-state index contributed by atoms with van der Waals surface area (Å²) < 4.78 is 18.0. The molecule has 1 aromatic carbocycles. The maximum Gasteiger partial charge on any atom is 0.308 e. The summed E-state index contributed by atoms with van der Waals surface area (Å²) in [5, 5.41) is 7.67. The Labute approximate surface area is 243 Å². The molecule has 1 aliphatic rings. The Bertz CT molecular complexity index is 1280. The molecule has 0 atom stereocenters. The van der Waals surface area contributed by atoms with Crippen LogP contribution in [0.4, 0.5) is 0 Å². The predicted molar refractivity (Wildman–Crippen MR) is 158 cm³/mol. The molecule has 1 amide bonds. The number of methoxy groups -OCH3 is 2. The number of carbonyl (C=O) groups is 2. The fourth-order valence-corrected chi connectivity index (χ4v) is 5.48. The van der Waals surface area contributed by atoms with Gasteiger partial charge in [0.05, 0.1) is 32.4 Å². The van der Waals surface area contributed by atoms with Crippen LogP contribution in [0.1, 0.15) is 94.5 Å². The molecule has 1 aliphatic carbocycles. The first kappa shape index (κ1) is 30.3. The maximum absolute atomic E-state index is 13.1. The van der Waals surface area contributed by atoms with Gasteiger partial charge in [-0.1, -0.05) is 51.9 Å². The molecule has 4 rings (SSSR count). The molecule has 41 heavy (non-hydrogen) atoms. The molecule has 0 spiro atoms. The van der Waals surface area contributed by atoms with Gasteiger partial charge in [0.25, 0.3) is 5.91 Å². The second-order valence-electron chi connectivity index (χ2n) is 10.9. The van der Waals surface area contributed by atoms with E-state index >= 15 is 0 Å². The molecule has 0 radical (unpaired) electrons. The van der Waals surface area contributed by atoms with Crippen LogP contribution < -0.4 is 14.8 Å². The molecule has 9 heteroatoms. The van der Waals surface area contributed by atoms with Gasteiger partial charge in [-0.05, 0) is 56.4 Å². The molecule has 1 fully saturated rings. The Hall–Kier alpha value is -3.62. The van der Waals surface area contributed by atoms with E-state index in [1.165, 1.54) is 38.5 Å². The van der Waals surface area contributed by atoms with Gasteiger partial charge < -0.3 is 19.5 Å². The van der Waals surface area contributed by atoms with Crippen molar-refractivity contribution in [2.75, 3.05) is 20.8 Å². The first-order chi connectivity index (χ1) is 20.0. The van der Waals surface area contributed by atoms with Gasteiger partial charge in [0, 0.05) is 23.9 Å². The van der Waals surface area contributed by atoms with Gasteiger partial charge in [-0.15, -0.1) is 0 Å². The Morgan fingerprint density at radius 3 is 2.32 bits per heavy atom. The van der Waals surface area contributed by atoms with Crippen LogP contribution in [-0.2, 0) is 9.53 Å². The molecule has 1 saturated carbocycles. The highest BCUT2D eigenvalue weighted by Crippen LogP contribution is 2.32. The predicted octanol–water partition coefficient (Wildman–Crippen LogP) is 6.39. The lowest BCUT2D eigenvalue weighted by atomic mass is 9.86. The number of carbonyl (C=O) groups excluding carboxylic acids is 2. The van der Waals surface area contributed by atoms with Crippen LogP contribution in [0, 0.1) is 5.92 Å². The van der Waals surface area contributed by atoms with Crippen molar-refractivity contribution in [1.82, 2.24) is 19.9 Å². The Morgan fingerprint density at radius 2 is 1.61 bits per heavy atom. The highest BCUT2D eigenvalue weighted by atomic mass is 16.5. The fraction of sp³-hybridized carbons (Fsp3) is 0.562. The Kier molecular flexibility index (Phi) is 11.4. The Balaban J connectivity index is 1.24. The van der Waals surface area contributed by atoms with Crippen LogP contribution in [-0.4, -0.2) is 53.3 Å². The molecular formula is C32H44N4O5. The molecule has 0 unspecified atom stereocenters. The van der Waals surface area contributed by atoms with E-state index in [1.54, 1.807) is 31.0 Å². The lowest BCUT2D eigenvalue weighted by Gasteiger charge is -2.27. The quantitative estimate of drug-likeness (QED) is 0.169. The summed E-state index contributed by atoms with van der Waals surface area (Å²) in [4.78, 5) is 30.0. The van der Waals surface area contributed by atoms with Crippen molar-refractivity contribution < 1.29 is 23.8 Å². The second kappa shape index (κ2) is 15.4. The van der Waals surface area contributed by atoms with E-state index in [-0.39, 0.29) is 23.8 Å². The summed E-state index contributed by atoms with van der Waals surface area (Å²) >= 11 is 0. The third kappa shape index (κ3) is 8.21. The monoisotopic (exact) mass is 564 g/mol. The molecule has 0 aliphatic heterocycles. The average Bonchev–Trinajstić information content (AvgIpc) is 3.45. The highest BCUT2D eigenvalue weighted by molar-refractivity contribution is 5.93. The van der Waals surface area contributed by atoms with E-state index in [4.69, 9.17) is 14.2 Å². The molecule has 3 aromatic rings. The van der Waals surface area contributed by atoms with Crippen molar-refractivity contribution >= 4 is 17.5 Å². The van der Waals surface area contributed by atoms with Crippen LogP contribution in [0.15, 0.2) is 36.5 Å². The van der Waals surface area contributed by atoms with E-state index in [1.807, 2.05) is 24.3 Å². The summed E-state index contributed by atoms with van der Waals surface area (Å²) in [6, 6.07) is 9.15. The van der Waals surface area contributed by atoms with Gasteiger partial charge >= 0.3 is 5.97 Å². The zero-order chi connectivity index (χ0) is 29.0. The number of nitrogens with one attached hydrogen (secondary N) is 1. The van der Waals surface area contributed by atoms with E-state index in [0.717, 1.165) is 49.8 Å². The van der Waals surface area contributed by atoms with Crippen LogP contribution in [0.3, 0.4) is 0 Å². The van der Waals surface area contributed by atoms with Gasteiger partial charge in [0.1, 0.15) is 0 Å². The minimum atomic E-state index is -0.241. The molecule has 222 valence electrons. The van der Waals surface area contributed by atoms with E-state index in [0.29, 0.717) is 29.4 Å². The van der Waals surface area contributed by atoms with Crippen molar-refractivity contribution in [3.63, 3.8) is 0 Å². The maximum atomic E-state index is 13.1. The number of benzene rings is 1. The molecule has 9 nitrogen and oxygen atoms in total. The third-order valence-electron chi connectivity index (χ3n) is 7.91. The summed E-state index contributed by atoms with van der Waals surface area (Å²) in [7, 11) is 3.19.